The molecule has 0 aliphatic carbocycles. The monoisotopic (exact) mass is 282 g/mol. The van der Waals surface area contributed by atoms with Crippen LogP contribution in [-0.2, 0) is 21.7 Å². The third kappa shape index (κ3) is 2.38. The number of benzene rings is 2. The Bertz CT molecular complexity index is 684. The quantitative estimate of drug-likeness (QED) is 0.908. The first-order chi connectivity index (χ1) is 10.1. The molecule has 1 amide bonds. The Labute approximate surface area is 123 Å². The average Bonchev–Trinajstić information content (AvgIpc) is 2.47. The highest BCUT2D eigenvalue weighted by Gasteiger charge is 2.43. The van der Waals surface area contributed by atoms with Gasteiger partial charge in [0.1, 0.15) is 0 Å². The Morgan fingerprint density at radius 3 is 2.81 bits per heavy atom. The first-order valence-electron chi connectivity index (χ1n) is 6.93. The number of hydrogen-bond donors (Lipinski definition) is 2. The molecule has 21 heavy (non-hydrogen) atoms. The number of primary amides is 1. The van der Waals surface area contributed by atoms with Gasteiger partial charge in [-0.3, -0.25) is 4.79 Å². The number of nitrogens with two attached hydrogens (primary N) is 1. The summed E-state index contributed by atoms with van der Waals surface area (Å²) < 4.78 is 5.61. The van der Waals surface area contributed by atoms with Crippen LogP contribution in [0, 0.1) is 6.92 Å². The molecule has 1 unspecified atom stereocenters. The van der Waals surface area contributed by atoms with Crippen molar-refractivity contribution in [2.45, 2.75) is 19.1 Å². The van der Waals surface area contributed by atoms with E-state index in [1.165, 1.54) is 0 Å². The highest BCUT2D eigenvalue weighted by molar-refractivity contribution is 5.90. The molecule has 4 nitrogen and oxygen atoms in total. The fourth-order valence-corrected chi connectivity index (χ4v) is 2.79. The molecular weight excluding hydrogens is 264 g/mol. The van der Waals surface area contributed by atoms with Crippen molar-refractivity contribution in [3.05, 3.63) is 65.2 Å². The molecule has 108 valence electrons. The van der Waals surface area contributed by atoms with Crippen LogP contribution in [0.5, 0.6) is 0 Å². The molecule has 4 heteroatoms. The van der Waals surface area contributed by atoms with Crippen LogP contribution < -0.4 is 11.1 Å². The summed E-state index contributed by atoms with van der Waals surface area (Å²) in [7, 11) is 0. The van der Waals surface area contributed by atoms with Crippen molar-refractivity contribution in [2.75, 3.05) is 11.9 Å². The third-order valence-corrected chi connectivity index (χ3v) is 3.85. The minimum Gasteiger partial charge on any atom is -0.373 e. The maximum atomic E-state index is 12.2. The third-order valence-electron chi connectivity index (χ3n) is 3.85. The Balaban J connectivity index is 2.08. The topological polar surface area (TPSA) is 64.3 Å². The lowest BCUT2D eigenvalue weighted by Crippen LogP contribution is -2.53. The zero-order valence-corrected chi connectivity index (χ0v) is 11.9. The van der Waals surface area contributed by atoms with Crippen LogP contribution in [0.3, 0.4) is 0 Å². The number of carbonyl (C=O) groups is 1. The molecular formula is C17H18N2O2. The minimum absolute atomic E-state index is 0.229. The summed E-state index contributed by atoms with van der Waals surface area (Å²) in [5.41, 5.74) is 8.55. The molecule has 1 aliphatic rings. The number of aryl methyl sites for hydroxylation is 1. The van der Waals surface area contributed by atoms with Gasteiger partial charge >= 0.3 is 0 Å². The van der Waals surface area contributed by atoms with Gasteiger partial charge in [0.05, 0.1) is 13.2 Å². The molecule has 1 aliphatic heterocycles. The molecule has 3 rings (SSSR count). The molecule has 1 heterocycles. The predicted octanol–water partition coefficient (Wildman–Crippen LogP) is 2.32. The standard InChI is InChI=1S/C17H18N2O2/c1-12-5-4-7-14(9-12)19-17(16(18)20)11-21-10-13-6-2-3-8-15(13)17/h2-9,19H,10-11H2,1H3,(H2,18,20). The van der Waals surface area contributed by atoms with Gasteiger partial charge in [-0.25, -0.2) is 0 Å². The summed E-state index contributed by atoms with van der Waals surface area (Å²) in [6, 6.07) is 15.6. The number of carbonyl (C=O) groups excluding carboxylic acids is 1. The number of rotatable bonds is 3. The SMILES string of the molecule is Cc1cccc(NC2(C(N)=O)COCc3ccccc32)c1. The molecule has 3 N–H and O–H groups in total. The van der Waals surface area contributed by atoms with Crippen LogP contribution in [0.15, 0.2) is 48.5 Å². The van der Waals surface area contributed by atoms with E-state index in [9.17, 15) is 4.79 Å². The first-order valence-corrected chi connectivity index (χ1v) is 6.93. The largest absolute Gasteiger partial charge is 0.373 e. The Morgan fingerprint density at radius 1 is 1.24 bits per heavy atom. The molecule has 0 spiro atoms. The van der Waals surface area contributed by atoms with Crippen molar-refractivity contribution in [2.24, 2.45) is 5.73 Å². The number of ether oxygens (including phenoxy) is 1. The van der Waals surface area contributed by atoms with E-state index in [1.54, 1.807) is 0 Å². The molecule has 2 aromatic rings. The van der Waals surface area contributed by atoms with E-state index >= 15 is 0 Å². The molecule has 2 aromatic carbocycles. The van der Waals surface area contributed by atoms with E-state index in [2.05, 4.69) is 5.32 Å². The van der Waals surface area contributed by atoms with Gasteiger partial charge in [0.15, 0.2) is 5.54 Å². The number of amides is 1. The van der Waals surface area contributed by atoms with Crippen molar-refractivity contribution in [1.29, 1.82) is 0 Å². The summed E-state index contributed by atoms with van der Waals surface area (Å²) in [6.45, 7) is 2.74. The molecule has 0 saturated heterocycles. The van der Waals surface area contributed by atoms with Gasteiger partial charge in [-0.05, 0) is 35.7 Å². The Hall–Kier alpha value is -2.33. The summed E-state index contributed by atoms with van der Waals surface area (Å²) in [5.74, 6) is -0.434. The number of anilines is 1. The van der Waals surface area contributed by atoms with E-state index in [1.807, 2.05) is 55.5 Å². The van der Waals surface area contributed by atoms with E-state index in [-0.39, 0.29) is 6.61 Å². The van der Waals surface area contributed by atoms with E-state index < -0.39 is 11.4 Å². The summed E-state index contributed by atoms with van der Waals surface area (Å²) >= 11 is 0. The fraction of sp³-hybridized carbons (Fsp3) is 0.235. The van der Waals surface area contributed by atoms with E-state index in [0.29, 0.717) is 6.61 Å². The second kappa shape index (κ2) is 5.22. The molecule has 1 atom stereocenters. The molecule has 0 aromatic heterocycles. The maximum absolute atomic E-state index is 12.2. The number of nitrogens with one attached hydrogen (secondary N) is 1. The molecule has 0 radical (unpaired) electrons. The molecule has 0 saturated carbocycles. The highest BCUT2D eigenvalue weighted by atomic mass is 16.5. The summed E-state index contributed by atoms with van der Waals surface area (Å²) in [4.78, 5) is 12.2. The molecule has 0 bridgehead atoms. The predicted molar refractivity (Wildman–Crippen MR) is 81.8 cm³/mol. The lowest BCUT2D eigenvalue weighted by molar-refractivity contribution is -0.125. The van der Waals surface area contributed by atoms with Crippen LogP contribution in [0.4, 0.5) is 5.69 Å². The lowest BCUT2D eigenvalue weighted by Gasteiger charge is -2.37. The second-order valence-electron chi connectivity index (χ2n) is 5.41. The van der Waals surface area contributed by atoms with Crippen LogP contribution in [0.1, 0.15) is 16.7 Å². The Morgan fingerprint density at radius 2 is 2.05 bits per heavy atom. The van der Waals surface area contributed by atoms with Gasteiger partial charge < -0.3 is 15.8 Å². The summed E-state index contributed by atoms with van der Waals surface area (Å²) in [6.07, 6.45) is 0. The zero-order chi connectivity index (χ0) is 14.9. The van der Waals surface area contributed by atoms with Gasteiger partial charge in [-0.1, -0.05) is 36.4 Å². The number of fused-ring (bicyclic) bond motifs is 1. The first kappa shape index (κ1) is 13.6. The minimum atomic E-state index is -1.03. The average molecular weight is 282 g/mol. The number of hydrogen-bond acceptors (Lipinski definition) is 3. The maximum Gasteiger partial charge on any atom is 0.250 e. The van der Waals surface area contributed by atoms with Crippen molar-refractivity contribution >= 4 is 11.6 Å². The second-order valence-corrected chi connectivity index (χ2v) is 5.41. The van der Waals surface area contributed by atoms with Gasteiger partial charge in [0.2, 0.25) is 5.91 Å². The zero-order valence-electron chi connectivity index (χ0n) is 11.9. The van der Waals surface area contributed by atoms with Gasteiger partial charge in [0.25, 0.3) is 0 Å². The van der Waals surface area contributed by atoms with Crippen LogP contribution in [-0.4, -0.2) is 12.5 Å². The van der Waals surface area contributed by atoms with Crippen LogP contribution in [0.2, 0.25) is 0 Å². The van der Waals surface area contributed by atoms with Gasteiger partial charge in [0, 0.05) is 5.69 Å². The van der Waals surface area contributed by atoms with Crippen LogP contribution >= 0.6 is 0 Å². The lowest BCUT2D eigenvalue weighted by atomic mass is 9.84. The normalized spacial score (nSPS) is 20.6. The highest BCUT2D eigenvalue weighted by Crippen LogP contribution is 2.33. The van der Waals surface area contributed by atoms with Crippen molar-refractivity contribution in [3.8, 4) is 0 Å². The van der Waals surface area contributed by atoms with Crippen LogP contribution in [0.25, 0.3) is 0 Å². The van der Waals surface area contributed by atoms with Gasteiger partial charge in [-0.2, -0.15) is 0 Å². The van der Waals surface area contributed by atoms with Crippen molar-refractivity contribution < 1.29 is 9.53 Å². The van der Waals surface area contributed by atoms with Gasteiger partial charge in [-0.15, -0.1) is 0 Å². The smallest absolute Gasteiger partial charge is 0.250 e. The van der Waals surface area contributed by atoms with Crippen molar-refractivity contribution in [1.82, 2.24) is 0 Å². The van der Waals surface area contributed by atoms with E-state index in [4.69, 9.17) is 10.5 Å². The Kier molecular flexibility index (Phi) is 3.39. The summed E-state index contributed by atoms with van der Waals surface area (Å²) in [5, 5.41) is 3.29. The molecule has 0 fully saturated rings. The van der Waals surface area contributed by atoms with E-state index in [0.717, 1.165) is 22.4 Å². The van der Waals surface area contributed by atoms with Crippen molar-refractivity contribution in [3.63, 3.8) is 0 Å². The fourth-order valence-electron chi connectivity index (χ4n) is 2.79.